The van der Waals surface area contributed by atoms with Crippen LogP contribution in [0.2, 0.25) is 0 Å². The molecule has 0 unspecified atom stereocenters. The van der Waals surface area contributed by atoms with Crippen LogP contribution in [0.5, 0.6) is 5.75 Å². The predicted octanol–water partition coefficient (Wildman–Crippen LogP) is 0.0185. The molecule has 0 saturated carbocycles. The van der Waals surface area contributed by atoms with Gasteiger partial charge in [-0.05, 0) is 30.3 Å². The minimum absolute atomic E-state index is 0. The van der Waals surface area contributed by atoms with Crippen molar-refractivity contribution in [3.8, 4) is 11.8 Å². The molecule has 0 aliphatic rings. The van der Waals surface area contributed by atoms with Crippen molar-refractivity contribution in [3.05, 3.63) is 59.7 Å². The van der Waals surface area contributed by atoms with Crippen molar-refractivity contribution in [2.75, 3.05) is 0 Å². The van der Waals surface area contributed by atoms with Gasteiger partial charge in [0.1, 0.15) is 5.75 Å². The van der Waals surface area contributed by atoms with E-state index >= 15 is 0 Å². The van der Waals surface area contributed by atoms with Crippen LogP contribution >= 0.6 is 0 Å². The van der Waals surface area contributed by atoms with E-state index in [2.05, 4.69) is 11.1 Å². The van der Waals surface area contributed by atoms with E-state index in [1.165, 1.54) is 0 Å². The molecule has 4 heteroatoms. The van der Waals surface area contributed by atoms with Crippen LogP contribution in [0.15, 0.2) is 53.5 Å². The molecule has 1 N–H and O–H groups in total. The quantitative estimate of drug-likeness (QED) is 0.583. The van der Waals surface area contributed by atoms with Crippen molar-refractivity contribution in [1.82, 2.24) is 0 Å². The molecule has 0 heterocycles. The molecule has 0 bridgehead atoms. The standard InChI is InChI=1S/C14H10N2O.Li/c15-9-11-4-3-6-13(8-11)16-10-12-5-1-2-7-14(12)17;/h1-8,10,17H;/q;+1. The molecule has 0 spiro atoms. The first-order chi connectivity index (χ1) is 8.29. The third kappa shape index (κ3) is 3.50. The summed E-state index contributed by atoms with van der Waals surface area (Å²) in [7, 11) is 0. The number of nitrogens with zero attached hydrogens (tertiary/aromatic N) is 2. The Balaban J connectivity index is 0.00000162. The van der Waals surface area contributed by atoms with Gasteiger partial charge in [-0.3, -0.25) is 4.99 Å². The summed E-state index contributed by atoms with van der Waals surface area (Å²) in [6, 6.07) is 16.0. The molecule has 0 amide bonds. The normalized spacial score (nSPS) is 9.72. The van der Waals surface area contributed by atoms with Gasteiger partial charge in [0.05, 0.1) is 17.3 Å². The molecular weight excluding hydrogens is 219 g/mol. The molecule has 0 fully saturated rings. The first-order valence-corrected chi connectivity index (χ1v) is 5.12. The number of benzene rings is 2. The van der Waals surface area contributed by atoms with Crippen LogP contribution < -0.4 is 18.9 Å². The van der Waals surface area contributed by atoms with E-state index in [-0.39, 0.29) is 24.6 Å². The smallest absolute Gasteiger partial charge is 0.507 e. The summed E-state index contributed by atoms with van der Waals surface area (Å²) in [5, 5.41) is 18.3. The van der Waals surface area contributed by atoms with Gasteiger partial charge in [0.15, 0.2) is 0 Å². The Hall–Kier alpha value is -2.00. The molecule has 0 radical (unpaired) electrons. The zero-order valence-corrected chi connectivity index (χ0v) is 10.0. The Morgan fingerprint density at radius 3 is 2.61 bits per heavy atom. The van der Waals surface area contributed by atoms with E-state index in [0.29, 0.717) is 16.8 Å². The van der Waals surface area contributed by atoms with Gasteiger partial charge >= 0.3 is 18.9 Å². The van der Waals surface area contributed by atoms with Gasteiger partial charge in [-0.25, -0.2) is 0 Å². The Kier molecular flexibility index (Phi) is 5.21. The summed E-state index contributed by atoms with van der Waals surface area (Å²) < 4.78 is 0. The molecule has 0 saturated heterocycles. The fraction of sp³-hybridized carbons (Fsp3) is 0. The van der Waals surface area contributed by atoms with Crippen molar-refractivity contribution in [3.63, 3.8) is 0 Å². The number of nitriles is 1. The number of phenols is 1. The van der Waals surface area contributed by atoms with Gasteiger partial charge < -0.3 is 5.11 Å². The fourth-order valence-corrected chi connectivity index (χ4v) is 1.40. The maximum atomic E-state index is 9.55. The van der Waals surface area contributed by atoms with E-state index in [9.17, 15) is 5.11 Å². The van der Waals surface area contributed by atoms with Gasteiger partial charge in [-0.2, -0.15) is 5.26 Å². The third-order valence-corrected chi connectivity index (χ3v) is 2.26. The third-order valence-electron chi connectivity index (χ3n) is 2.26. The van der Waals surface area contributed by atoms with E-state index in [1.807, 2.05) is 6.07 Å². The largest absolute Gasteiger partial charge is 1.00 e. The summed E-state index contributed by atoms with van der Waals surface area (Å²) in [5.74, 6) is 0.188. The zero-order valence-electron chi connectivity index (χ0n) is 10.0. The Morgan fingerprint density at radius 1 is 1.11 bits per heavy atom. The summed E-state index contributed by atoms with van der Waals surface area (Å²) in [6.07, 6.45) is 1.58. The summed E-state index contributed by atoms with van der Waals surface area (Å²) in [4.78, 5) is 4.21. The number of hydrogen-bond acceptors (Lipinski definition) is 3. The van der Waals surface area contributed by atoms with Crippen LogP contribution in [-0.2, 0) is 0 Å². The predicted molar refractivity (Wildman–Crippen MR) is 66.5 cm³/mol. The average molecular weight is 229 g/mol. The number of aromatic hydroxyl groups is 1. The molecule has 0 aromatic heterocycles. The molecule has 0 aliphatic carbocycles. The van der Waals surface area contributed by atoms with Crippen LogP contribution in [0.25, 0.3) is 0 Å². The Morgan fingerprint density at radius 2 is 1.89 bits per heavy atom. The second kappa shape index (κ2) is 6.66. The van der Waals surface area contributed by atoms with E-state index in [0.717, 1.165) is 0 Å². The van der Waals surface area contributed by atoms with Gasteiger partial charge in [0.2, 0.25) is 0 Å². The second-order valence-corrected chi connectivity index (χ2v) is 3.48. The fourth-order valence-electron chi connectivity index (χ4n) is 1.40. The van der Waals surface area contributed by atoms with Gasteiger partial charge in [0.25, 0.3) is 0 Å². The molecule has 0 atom stereocenters. The first-order valence-electron chi connectivity index (χ1n) is 5.12. The van der Waals surface area contributed by atoms with E-state index in [4.69, 9.17) is 5.26 Å². The van der Waals surface area contributed by atoms with Gasteiger partial charge in [-0.1, -0.05) is 18.2 Å². The van der Waals surface area contributed by atoms with E-state index < -0.39 is 0 Å². The van der Waals surface area contributed by atoms with Crippen molar-refractivity contribution in [2.45, 2.75) is 0 Å². The Labute approximate surface area is 118 Å². The van der Waals surface area contributed by atoms with Crippen molar-refractivity contribution in [1.29, 1.82) is 5.26 Å². The van der Waals surface area contributed by atoms with Crippen LogP contribution in [0, 0.1) is 11.3 Å². The molecule has 18 heavy (non-hydrogen) atoms. The molecule has 82 valence electrons. The summed E-state index contributed by atoms with van der Waals surface area (Å²) >= 11 is 0. The van der Waals surface area contributed by atoms with E-state index in [1.54, 1.807) is 48.7 Å². The monoisotopic (exact) mass is 229 g/mol. The maximum Gasteiger partial charge on any atom is 1.00 e. The SMILES string of the molecule is N#Cc1cccc(N=Cc2ccccc2O)c1.[Li+]. The van der Waals surface area contributed by atoms with Crippen LogP contribution in [0.1, 0.15) is 11.1 Å². The summed E-state index contributed by atoms with van der Waals surface area (Å²) in [5.41, 5.74) is 1.90. The number of hydrogen-bond donors (Lipinski definition) is 1. The number of phenolic OH excluding ortho intramolecular Hbond substituents is 1. The second-order valence-electron chi connectivity index (χ2n) is 3.48. The van der Waals surface area contributed by atoms with Crippen molar-refractivity contribution >= 4 is 11.9 Å². The minimum atomic E-state index is 0. The number of aliphatic imine (C=N–C) groups is 1. The van der Waals surface area contributed by atoms with Crippen LogP contribution in [-0.4, -0.2) is 11.3 Å². The molecule has 2 rings (SSSR count). The first kappa shape index (κ1) is 14.1. The van der Waals surface area contributed by atoms with Gasteiger partial charge in [0, 0.05) is 11.8 Å². The summed E-state index contributed by atoms with van der Waals surface area (Å²) in [6.45, 7) is 0. The maximum absolute atomic E-state index is 9.55. The topological polar surface area (TPSA) is 56.4 Å². The minimum Gasteiger partial charge on any atom is -0.507 e. The van der Waals surface area contributed by atoms with Gasteiger partial charge in [-0.15, -0.1) is 0 Å². The number of para-hydroxylation sites is 1. The molecule has 0 aliphatic heterocycles. The molecule has 2 aromatic carbocycles. The molecular formula is C14H10LiN2O+. The molecule has 3 nitrogen and oxygen atoms in total. The van der Waals surface area contributed by atoms with Crippen LogP contribution in [0.3, 0.4) is 0 Å². The molecule has 2 aromatic rings. The van der Waals surface area contributed by atoms with Crippen LogP contribution in [0.4, 0.5) is 5.69 Å². The average Bonchev–Trinajstić information content (AvgIpc) is 2.38. The van der Waals surface area contributed by atoms with Crippen molar-refractivity contribution < 1.29 is 24.0 Å². The Bertz CT molecular complexity index is 603. The number of rotatable bonds is 2. The zero-order chi connectivity index (χ0) is 12.1. The van der Waals surface area contributed by atoms with Crippen molar-refractivity contribution in [2.24, 2.45) is 4.99 Å².